The van der Waals surface area contributed by atoms with E-state index in [1.165, 1.54) is 22.0 Å². The lowest BCUT2D eigenvalue weighted by molar-refractivity contribution is -0.121. The summed E-state index contributed by atoms with van der Waals surface area (Å²) in [6.45, 7) is 11.2. The summed E-state index contributed by atoms with van der Waals surface area (Å²) in [6.07, 6.45) is 4.80. The lowest BCUT2D eigenvalue weighted by atomic mass is 9.93. The molecule has 0 saturated carbocycles. The molecule has 0 aromatic heterocycles. The zero-order valence-corrected chi connectivity index (χ0v) is 21.1. The second-order valence-corrected chi connectivity index (χ2v) is 9.34. The summed E-state index contributed by atoms with van der Waals surface area (Å²) in [4.78, 5) is 52.7. The SMILES string of the molecule is CCc1cc(Cc2cc(C)c(N3C(=O)C=C(C)C3=O)c(CC)c2)cc(C)c1N1C(=O)C=C(C)C1=O. The van der Waals surface area contributed by atoms with Crippen LogP contribution in [0.1, 0.15) is 61.1 Å². The third-order valence-corrected chi connectivity index (χ3v) is 6.70. The molecular weight excluding hydrogens is 440 g/mol. The molecule has 0 bridgehead atoms. The highest BCUT2D eigenvalue weighted by Crippen LogP contribution is 2.34. The summed E-state index contributed by atoms with van der Waals surface area (Å²) in [7, 11) is 0. The van der Waals surface area contributed by atoms with Crippen molar-refractivity contribution in [1.29, 1.82) is 0 Å². The van der Waals surface area contributed by atoms with Crippen LogP contribution >= 0.6 is 0 Å². The van der Waals surface area contributed by atoms with E-state index in [2.05, 4.69) is 12.1 Å². The molecule has 6 heteroatoms. The smallest absolute Gasteiger partial charge is 0.261 e. The van der Waals surface area contributed by atoms with Gasteiger partial charge < -0.3 is 0 Å². The first-order valence-corrected chi connectivity index (χ1v) is 12.0. The lowest BCUT2D eigenvalue weighted by Crippen LogP contribution is -2.32. The average Bonchev–Trinajstić information content (AvgIpc) is 3.19. The highest BCUT2D eigenvalue weighted by molar-refractivity contribution is 6.31. The maximum atomic E-state index is 12.6. The summed E-state index contributed by atoms with van der Waals surface area (Å²) < 4.78 is 0. The molecule has 2 aliphatic rings. The number of carbonyl (C=O) groups is 4. The van der Waals surface area contributed by atoms with E-state index in [9.17, 15) is 19.2 Å². The van der Waals surface area contributed by atoms with Crippen molar-refractivity contribution in [2.45, 2.75) is 60.8 Å². The van der Waals surface area contributed by atoms with Gasteiger partial charge >= 0.3 is 0 Å². The Labute approximate surface area is 205 Å². The van der Waals surface area contributed by atoms with Gasteiger partial charge in [-0.1, -0.05) is 38.1 Å². The van der Waals surface area contributed by atoms with Gasteiger partial charge in [0.25, 0.3) is 23.6 Å². The number of hydrogen-bond donors (Lipinski definition) is 0. The van der Waals surface area contributed by atoms with Crippen LogP contribution in [-0.4, -0.2) is 23.6 Å². The van der Waals surface area contributed by atoms with E-state index in [1.807, 2.05) is 39.8 Å². The van der Waals surface area contributed by atoms with Crippen molar-refractivity contribution in [2.75, 3.05) is 9.80 Å². The van der Waals surface area contributed by atoms with Crippen molar-refractivity contribution in [2.24, 2.45) is 0 Å². The van der Waals surface area contributed by atoms with Crippen LogP contribution in [0.3, 0.4) is 0 Å². The quantitative estimate of drug-likeness (QED) is 0.576. The van der Waals surface area contributed by atoms with Gasteiger partial charge in [-0.3, -0.25) is 19.2 Å². The van der Waals surface area contributed by atoms with Gasteiger partial charge in [0.1, 0.15) is 0 Å². The molecule has 0 N–H and O–H groups in total. The first-order valence-electron chi connectivity index (χ1n) is 12.0. The van der Waals surface area contributed by atoms with Crippen molar-refractivity contribution in [3.63, 3.8) is 0 Å². The Hall–Kier alpha value is -3.80. The minimum Gasteiger partial charge on any atom is -0.269 e. The number of amides is 4. The number of imide groups is 2. The Bertz CT molecular complexity index is 1260. The van der Waals surface area contributed by atoms with Crippen molar-refractivity contribution in [3.05, 3.63) is 80.9 Å². The van der Waals surface area contributed by atoms with Gasteiger partial charge in [0.2, 0.25) is 0 Å². The molecule has 0 aliphatic carbocycles. The lowest BCUT2D eigenvalue weighted by Gasteiger charge is -2.23. The van der Waals surface area contributed by atoms with Crippen molar-refractivity contribution >= 4 is 35.0 Å². The predicted octanol–water partition coefficient (Wildman–Crippen LogP) is 4.66. The third kappa shape index (κ3) is 4.14. The zero-order valence-electron chi connectivity index (χ0n) is 21.1. The van der Waals surface area contributed by atoms with Crippen LogP contribution in [0, 0.1) is 13.8 Å². The summed E-state index contributed by atoms with van der Waals surface area (Å²) in [6, 6.07) is 8.18. The third-order valence-electron chi connectivity index (χ3n) is 6.70. The number of anilines is 2. The van der Waals surface area contributed by atoms with Crippen LogP contribution in [0.25, 0.3) is 0 Å². The highest BCUT2D eigenvalue weighted by atomic mass is 16.2. The van der Waals surface area contributed by atoms with Gasteiger partial charge in [-0.15, -0.1) is 0 Å². The molecular formula is C29H30N2O4. The summed E-state index contributed by atoms with van der Waals surface area (Å²) in [5.74, 6) is -1.13. The monoisotopic (exact) mass is 470 g/mol. The fraction of sp³-hybridized carbons (Fsp3) is 0.310. The van der Waals surface area contributed by atoms with E-state index in [0.717, 1.165) is 33.4 Å². The molecule has 6 nitrogen and oxygen atoms in total. The Kier molecular flexibility index (Phi) is 6.32. The largest absolute Gasteiger partial charge is 0.269 e. The molecule has 0 radical (unpaired) electrons. The molecule has 0 atom stereocenters. The Morgan fingerprint density at radius 1 is 0.600 bits per heavy atom. The highest BCUT2D eigenvalue weighted by Gasteiger charge is 2.33. The molecule has 0 spiro atoms. The summed E-state index contributed by atoms with van der Waals surface area (Å²) >= 11 is 0. The van der Waals surface area contributed by atoms with Crippen LogP contribution in [0.2, 0.25) is 0 Å². The fourth-order valence-corrected chi connectivity index (χ4v) is 5.09. The standard InChI is InChI=1S/C29H30N2O4/c1-7-22-14-20(9-16(3)26(22)30-24(32)11-18(5)28(30)34)13-21-10-17(4)27(23(8-2)15-21)31-25(33)12-19(6)29(31)35/h9-12,14-15H,7-8,13H2,1-6H3. The van der Waals surface area contributed by atoms with E-state index in [1.54, 1.807) is 13.8 Å². The van der Waals surface area contributed by atoms with E-state index in [4.69, 9.17) is 0 Å². The van der Waals surface area contributed by atoms with E-state index in [0.29, 0.717) is 41.8 Å². The molecule has 35 heavy (non-hydrogen) atoms. The number of carbonyl (C=O) groups excluding carboxylic acids is 4. The molecule has 4 rings (SSSR count). The fourth-order valence-electron chi connectivity index (χ4n) is 5.09. The van der Waals surface area contributed by atoms with Gasteiger partial charge in [0, 0.05) is 23.3 Å². The normalized spacial score (nSPS) is 15.9. The van der Waals surface area contributed by atoms with Crippen LogP contribution in [0.15, 0.2) is 47.6 Å². The van der Waals surface area contributed by atoms with Crippen molar-refractivity contribution in [3.8, 4) is 0 Å². The molecule has 2 aromatic carbocycles. The van der Waals surface area contributed by atoms with E-state index >= 15 is 0 Å². The number of hydrogen-bond acceptors (Lipinski definition) is 4. The second-order valence-electron chi connectivity index (χ2n) is 9.34. The Morgan fingerprint density at radius 2 is 0.971 bits per heavy atom. The zero-order chi connectivity index (χ0) is 25.6. The van der Waals surface area contributed by atoms with Gasteiger partial charge in [-0.25, -0.2) is 9.80 Å². The molecule has 180 valence electrons. The number of benzene rings is 2. The average molecular weight is 471 g/mol. The van der Waals surface area contributed by atoms with Crippen molar-refractivity contribution < 1.29 is 19.2 Å². The first-order chi connectivity index (χ1) is 16.6. The number of rotatable bonds is 6. The van der Waals surface area contributed by atoms with Crippen molar-refractivity contribution in [1.82, 2.24) is 0 Å². The van der Waals surface area contributed by atoms with Gasteiger partial charge in [-0.2, -0.15) is 0 Å². The molecule has 0 saturated heterocycles. The maximum Gasteiger partial charge on any atom is 0.261 e. The van der Waals surface area contributed by atoms with Gasteiger partial charge in [-0.05, 0) is 80.3 Å². The molecule has 2 aromatic rings. The molecule has 4 amide bonds. The molecule has 0 fully saturated rings. The molecule has 2 heterocycles. The summed E-state index contributed by atoms with van der Waals surface area (Å²) in [5, 5.41) is 0. The minimum absolute atomic E-state index is 0.268. The molecule has 2 aliphatic heterocycles. The van der Waals surface area contributed by atoms with Crippen LogP contribution in [0.5, 0.6) is 0 Å². The number of nitrogens with zero attached hydrogens (tertiary/aromatic N) is 2. The topological polar surface area (TPSA) is 74.8 Å². The van der Waals surface area contributed by atoms with E-state index < -0.39 is 0 Å². The Balaban J connectivity index is 1.70. The first kappa shape index (κ1) is 24.3. The van der Waals surface area contributed by atoms with E-state index in [-0.39, 0.29) is 23.6 Å². The van der Waals surface area contributed by atoms with Gasteiger partial charge in [0.15, 0.2) is 0 Å². The predicted molar refractivity (Wildman–Crippen MR) is 136 cm³/mol. The van der Waals surface area contributed by atoms with Crippen LogP contribution < -0.4 is 9.80 Å². The number of aryl methyl sites for hydroxylation is 4. The maximum absolute atomic E-state index is 12.6. The van der Waals surface area contributed by atoms with Gasteiger partial charge in [0.05, 0.1) is 11.4 Å². The minimum atomic E-state index is -0.299. The molecule has 0 unspecified atom stereocenters. The van der Waals surface area contributed by atoms with Crippen LogP contribution in [0.4, 0.5) is 11.4 Å². The second kappa shape index (κ2) is 9.10. The van der Waals surface area contributed by atoms with Crippen LogP contribution in [-0.2, 0) is 38.4 Å². The summed E-state index contributed by atoms with van der Waals surface area (Å²) in [5.41, 5.74) is 8.05. The Morgan fingerprint density at radius 3 is 1.26 bits per heavy atom.